The Morgan fingerprint density at radius 3 is 2.30 bits per heavy atom. The van der Waals surface area contributed by atoms with Crippen LogP contribution in [0.1, 0.15) is 62.6 Å². The lowest BCUT2D eigenvalue weighted by Crippen LogP contribution is -2.00. The fourth-order valence-electron chi connectivity index (χ4n) is 3.81. The van der Waals surface area contributed by atoms with Gasteiger partial charge in [0.1, 0.15) is 5.01 Å². The smallest absolute Gasteiger partial charge is 0.163 e. The molecule has 0 unspecified atom stereocenters. The second kappa shape index (κ2) is 15.4. The number of aromatic nitrogens is 1. The number of anilines is 1. The number of aryl methyl sites for hydroxylation is 2. The maximum atomic E-state index is 5.97. The second-order valence-corrected chi connectivity index (χ2v) is 10.1. The zero-order valence-electron chi connectivity index (χ0n) is 23.8. The van der Waals surface area contributed by atoms with Crippen LogP contribution in [0.3, 0.4) is 0 Å². The Bertz CT molecular complexity index is 1230. The van der Waals surface area contributed by atoms with Crippen LogP contribution in [0, 0.1) is 13.8 Å². The third kappa shape index (κ3) is 7.83. The molecule has 4 nitrogen and oxygen atoms in total. The Balaban J connectivity index is 0.00000115. The molecule has 37 heavy (non-hydrogen) atoms. The lowest BCUT2D eigenvalue weighted by molar-refractivity contribution is 0.293. The molecule has 0 atom stereocenters. The topological polar surface area (TPSA) is 43.4 Å². The molecule has 4 rings (SSSR count). The lowest BCUT2D eigenvalue weighted by atomic mass is 10.1. The van der Waals surface area contributed by atoms with Crippen LogP contribution in [0.5, 0.6) is 11.5 Å². The molecule has 1 N–H and O–H groups in total. The van der Waals surface area contributed by atoms with Gasteiger partial charge in [0.05, 0.1) is 30.0 Å². The Kier molecular flexibility index (Phi) is 12.7. The molecule has 0 bridgehead atoms. The summed E-state index contributed by atoms with van der Waals surface area (Å²) in [6.45, 7) is 15.0. The number of ether oxygens (including phenoxy) is 2. The molecule has 2 aromatic carbocycles. The van der Waals surface area contributed by atoms with Gasteiger partial charge in [-0.2, -0.15) is 0 Å². The molecule has 0 radical (unpaired) electrons. The van der Waals surface area contributed by atoms with Crippen LogP contribution in [-0.4, -0.2) is 25.7 Å². The van der Waals surface area contributed by atoms with Crippen LogP contribution in [-0.2, 0) is 6.42 Å². The Labute approximate surface area is 231 Å². The second-order valence-electron chi connectivity index (χ2n) is 8.08. The Morgan fingerprint density at radius 2 is 1.68 bits per heavy atom. The zero-order chi connectivity index (χ0) is 27.4. The van der Waals surface area contributed by atoms with Crippen LogP contribution in [0.15, 0.2) is 47.8 Å². The number of rotatable bonds is 9. The van der Waals surface area contributed by atoms with E-state index in [2.05, 4.69) is 73.9 Å². The van der Waals surface area contributed by atoms with Crippen molar-refractivity contribution in [2.75, 3.05) is 26.1 Å². The molecule has 0 fully saturated rings. The van der Waals surface area contributed by atoms with Crippen LogP contribution in [0.4, 0.5) is 5.69 Å². The lowest BCUT2D eigenvalue weighted by Gasteiger charge is -2.14. The minimum absolute atomic E-state index is 0.680. The normalized spacial score (nSPS) is 10.1. The van der Waals surface area contributed by atoms with Gasteiger partial charge in [-0.15, -0.1) is 22.7 Å². The van der Waals surface area contributed by atoms with Gasteiger partial charge in [-0.05, 0) is 43.5 Å². The minimum Gasteiger partial charge on any atom is -0.493 e. The number of benzene rings is 2. The molecule has 0 aliphatic heterocycles. The van der Waals surface area contributed by atoms with Gasteiger partial charge < -0.3 is 14.8 Å². The van der Waals surface area contributed by atoms with E-state index in [0.717, 1.165) is 51.9 Å². The van der Waals surface area contributed by atoms with Gasteiger partial charge in [0.15, 0.2) is 11.5 Å². The number of hydrogen-bond donors (Lipinski definition) is 1. The SMILES string of the molecule is CC.CC.CCCOc1cc(Cc2cc(NC)c(-c3nc(-c4ccc(C)cc4)cs3)s2)cc(C)c1OC. The van der Waals surface area contributed by atoms with Gasteiger partial charge in [0, 0.05) is 29.3 Å². The van der Waals surface area contributed by atoms with Gasteiger partial charge in [-0.1, -0.05) is 70.5 Å². The molecular weight excluding hydrogens is 496 g/mol. The van der Waals surface area contributed by atoms with Crippen LogP contribution in [0.25, 0.3) is 21.1 Å². The van der Waals surface area contributed by atoms with Crippen molar-refractivity contribution < 1.29 is 9.47 Å². The molecule has 2 heterocycles. The highest BCUT2D eigenvalue weighted by Crippen LogP contribution is 2.41. The average Bonchev–Trinajstić information content (AvgIpc) is 3.57. The summed E-state index contributed by atoms with van der Waals surface area (Å²) in [7, 11) is 3.67. The predicted molar refractivity (Wildman–Crippen MR) is 164 cm³/mol. The highest BCUT2D eigenvalue weighted by atomic mass is 32.1. The van der Waals surface area contributed by atoms with Crippen LogP contribution in [0.2, 0.25) is 0 Å². The van der Waals surface area contributed by atoms with E-state index in [1.165, 1.54) is 20.9 Å². The molecule has 6 heteroatoms. The average molecular weight is 539 g/mol. The molecule has 4 aromatic rings. The molecule has 0 spiro atoms. The van der Waals surface area contributed by atoms with E-state index in [1.54, 1.807) is 29.8 Å². The van der Waals surface area contributed by atoms with Crippen molar-refractivity contribution in [1.82, 2.24) is 4.98 Å². The van der Waals surface area contributed by atoms with E-state index in [0.29, 0.717) is 6.61 Å². The quantitative estimate of drug-likeness (QED) is 0.230. The van der Waals surface area contributed by atoms with Gasteiger partial charge in [0.25, 0.3) is 0 Å². The van der Waals surface area contributed by atoms with Crippen LogP contribution < -0.4 is 14.8 Å². The van der Waals surface area contributed by atoms with Gasteiger partial charge in [0.2, 0.25) is 0 Å². The zero-order valence-corrected chi connectivity index (χ0v) is 25.5. The Hall–Kier alpha value is -2.83. The monoisotopic (exact) mass is 538 g/mol. The van der Waals surface area contributed by atoms with Crippen molar-refractivity contribution in [2.45, 2.75) is 61.3 Å². The summed E-state index contributed by atoms with van der Waals surface area (Å²) < 4.78 is 11.5. The third-order valence-electron chi connectivity index (χ3n) is 5.44. The van der Waals surface area contributed by atoms with Gasteiger partial charge in [-0.3, -0.25) is 0 Å². The van der Waals surface area contributed by atoms with Crippen molar-refractivity contribution in [3.63, 3.8) is 0 Å². The highest BCUT2D eigenvalue weighted by Gasteiger charge is 2.16. The molecule has 0 aliphatic carbocycles. The first kappa shape index (κ1) is 30.4. The van der Waals surface area contributed by atoms with Crippen molar-refractivity contribution >= 4 is 28.4 Å². The number of thiophene rings is 1. The number of nitrogens with zero attached hydrogens (tertiary/aromatic N) is 1. The molecule has 0 saturated heterocycles. The molecule has 0 saturated carbocycles. The largest absolute Gasteiger partial charge is 0.493 e. The van der Waals surface area contributed by atoms with Gasteiger partial charge >= 0.3 is 0 Å². The fraction of sp³-hybridized carbons (Fsp3) is 0.387. The third-order valence-corrected chi connectivity index (χ3v) is 7.57. The first-order valence-corrected chi connectivity index (χ1v) is 14.9. The van der Waals surface area contributed by atoms with Crippen LogP contribution >= 0.6 is 22.7 Å². The molecule has 0 aliphatic rings. The summed E-state index contributed by atoms with van der Waals surface area (Å²) in [4.78, 5) is 7.41. The maximum Gasteiger partial charge on any atom is 0.163 e. The van der Waals surface area contributed by atoms with E-state index < -0.39 is 0 Å². The highest BCUT2D eigenvalue weighted by molar-refractivity contribution is 7.21. The molecular formula is C31H42N2O2S2. The van der Waals surface area contributed by atoms with E-state index in [-0.39, 0.29) is 0 Å². The van der Waals surface area contributed by atoms with Crippen molar-refractivity contribution in [3.8, 4) is 32.6 Å². The van der Waals surface area contributed by atoms with E-state index in [1.807, 2.05) is 34.7 Å². The first-order valence-electron chi connectivity index (χ1n) is 13.2. The molecule has 200 valence electrons. The Morgan fingerprint density at radius 1 is 0.973 bits per heavy atom. The summed E-state index contributed by atoms with van der Waals surface area (Å²) >= 11 is 3.49. The van der Waals surface area contributed by atoms with Gasteiger partial charge in [-0.25, -0.2) is 4.98 Å². The maximum absolute atomic E-state index is 5.97. The van der Waals surface area contributed by atoms with Crippen molar-refractivity contribution in [2.24, 2.45) is 0 Å². The van der Waals surface area contributed by atoms with Crippen molar-refractivity contribution in [3.05, 3.63) is 69.4 Å². The van der Waals surface area contributed by atoms with E-state index in [9.17, 15) is 0 Å². The summed E-state index contributed by atoms with van der Waals surface area (Å²) in [5.74, 6) is 1.64. The summed E-state index contributed by atoms with van der Waals surface area (Å²) in [5, 5.41) is 6.55. The number of thiazole rings is 1. The first-order chi connectivity index (χ1) is 18.0. The van der Waals surface area contributed by atoms with E-state index in [4.69, 9.17) is 14.5 Å². The van der Waals surface area contributed by atoms with E-state index >= 15 is 0 Å². The number of methoxy groups -OCH3 is 1. The molecule has 0 amide bonds. The number of hydrogen-bond acceptors (Lipinski definition) is 6. The summed E-state index contributed by atoms with van der Waals surface area (Å²) in [5.41, 5.74) is 6.86. The number of nitrogens with one attached hydrogen (secondary N) is 1. The fourth-order valence-corrected chi connectivity index (χ4v) is 5.94. The predicted octanol–water partition coefficient (Wildman–Crippen LogP) is 9.64. The summed E-state index contributed by atoms with van der Waals surface area (Å²) in [6, 6.07) is 15.1. The standard InChI is InChI=1S/C27H30N2O2S2.2C2H6/c1-6-11-31-24-14-19(12-18(3)25(24)30-5)13-21-15-22(28-4)26(33-21)27-29-23(16-32-27)20-9-7-17(2)8-10-20;2*1-2/h7-10,12,14-16,28H,6,11,13H2,1-5H3;2*1-2H3. The summed E-state index contributed by atoms with van der Waals surface area (Å²) in [6.07, 6.45) is 1.80. The van der Waals surface area contributed by atoms with Crippen molar-refractivity contribution in [1.29, 1.82) is 0 Å². The molecule has 2 aromatic heterocycles. The minimum atomic E-state index is 0.680.